The second-order valence-electron chi connectivity index (χ2n) is 3.73. The summed E-state index contributed by atoms with van der Waals surface area (Å²) >= 11 is 0. The van der Waals surface area contributed by atoms with Crippen LogP contribution in [0, 0.1) is 11.3 Å². The van der Waals surface area contributed by atoms with E-state index in [4.69, 9.17) is 5.26 Å². The van der Waals surface area contributed by atoms with Crippen molar-refractivity contribution < 1.29 is 0 Å². The minimum absolute atomic E-state index is 0.466. The van der Waals surface area contributed by atoms with Crippen molar-refractivity contribution in [3.63, 3.8) is 0 Å². The van der Waals surface area contributed by atoms with Crippen molar-refractivity contribution in [2.24, 2.45) is 0 Å². The van der Waals surface area contributed by atoms with Crippen molar-refractivity contribution in [2.45, 2.75) is 13.0 Å². The highest BCUT2D eigenvalue weighted by atomic mass is 15.3. The van der Waals surface area contributed by atoms with E-state index in [1.807, 2.05) is 41.2 Å². The topological polar surface area (TPSA) is 53.6 Å². The van der Waals surface area contributed by atoms with Gasteiger partial charge < -0.3 is 5.32 Å². The molecule has 2 rings (SSSR count). The SMILES string of the molecule is N#CCc1ccc(NCCn2cccn2)cc1. The molecule has 0 amide bonds. The number of benzene rings is 1. The first-order chi connectivity index (χ1) is 8.38. The lowest BCUT2D eigenvalue weighted by Crippen LogP contribution is -2.10. The Bertz CT molecular complexity index is 479. The highest BCUT2D eigenvalue weighted by Crippen LogP contribution is 2.09. The Morgan fingerprint density at radius 1 is 1.29 bits per heavy atom. The summed E-state index contributed by atoms with van der Waals surface area (Å²) in [7, 11) is 0. The lowest BCUT2D eigenvalue weighted by Gasteiger charge is -2.06. The maximum absolute atomic E-state index is 8.56. The van der Waals surface area contributed by atoms with E-state index in [0.717, 1.165) is 24.3 Å². The second kappa shape index (κ2) is 5.71. The van der Waals surface area contributed by atoms with E-state index in [-0.39, 0.29) is 0 Å². The van der Waals surface area contributed by atoms with Gasteiger partial charge in [-0.1, -0.05) is 12.1 Å². The summed E-state index contributed by atoms with van der Waals surface area (Å²) in [5.41, 5.74) is 2.11. The number of hydrogen-bond acceptors (Lipinski definition) is 3. The van der Waals surface area contributed by atoms with Crippen LogP contribution in [0.5, 0.6) is 0 Å². The molecule has 0 saturated carbocycles. The van der Waals surface area contributed by atoms with E-state index >= 15 is 0 Å². The smallest absolute Gasteiger partial charge is 0.0669 e. The predicted molar refractivity (Wildman–Crippen MR) is 66.5 cm³/mol. The van der Waals surface area contributed by atoms with Crippen molar-refractivity contribution in [3.8, 4) is 6.07 Å². The van der Waals surface area contributed by atoms with Crippen LogP contribution < -0.4 is 5.32 Å². The van der Waals surface area contributed by atoms with Gasteiger partial charge in [0.25, 0.3) is 0 Å². The van der Waals surface area contributed by atoms with Crippen LogP contribution in [0.25, 0.3) is 0 Å². The minimum atomic E-state index is 0.466. The molecular formula is C13H14N4. The summed E-state index contributed by atoms with van der Waals surface area (Å²) in [5, 5.41) is 16.0. The van der Waals surface area contributed by atoms with Gasteiger partial charge in [0.05, 0.1) is 19.0 Å². The molecule has 0 saturated heterocycles. The molecule has 0 radical (unpaired) electrons. The zero-order chi connectivity index (χ0) is 11.9. The van der Waals surface area contributed by atoms with Gasteiger partial charge in [0.1, 0.15) is 0 Å². The number of nitriles is 1. The highest BCUT2D eigenvalue weighted by molar-refractivity contribution is 5.44. The fourth-order valence-electron chi connectivity index (χ4n) is 1.58. The molecule has 0 aliphatic heterocycles. The number of nitrogens with one attached hydrogen (secondary N) is 1. The molecule has 1 N–H and O–H groups in total. The molecule has 1 aromatic carbocycles. The lowest BCUT2D eigenvalue weighted by molar-refractivity contribution is 0.638. The van der Waals surface area contributed by atoms with Crippen LogP contribution in [-0.2, 0) is 13.0 Å². The lowest BCUT2D eigenvalue weighted by atomic mass is 10.1. The average molecular weight is 226 g/mol. The number of hydrogen-bond donors (Lipinski definition) is 1. The van der Waals surface area contributed by atoms with Crippen LogP contribution in [-0.4, -0.2) is 16.3 Å². The van der Waals surface area contributed by atoms with E-state index in [1.54, 1.807) is 6.20 Å². The maximum Gasteiger partial charge on any atom is 0.0669 e. The van der Waals surface area contributed by atoms with Gasteiger partial charge in [0, 0.05) is 24.6 Å². The van der Waals surface area contributed by atoms with E-state index in [2.05, 4.69) is 16.5 Å². The fourth-order valence-corrected chi connectivity index (χ4v) is 1.58. The quantitative estimate of drug-likeness (QED) is 0.849. The number of nitrogens with zero attached hydrogens (tertiary/aromatic N) is 3. The zero-order valence-electron chi connectivity index (χ0n) is 9.50. The molecule has 0 bridgehead atoms. The van der Waals surface area contributed by atoms with Crippen molar-refractivity contribution in [1.82, 2.24) is 9.78 Å². The first-order valence-corrected chi connectivity index (χ1v) is 5.55. The van der Waals surface area contributed by atoms with Crippen molar-refractivity contribution >= 4 is 5.69 Å². The molecule has 17 heavy (non-hydrogen) atoms. The molecule has 86 valence electrons. The summed E-state index contributed by atoms with van der Waals surface area (Å²) in [6.45, 7) is 1.67. The number of aromatic nitrogens is 2. The third kappa shape index (κ3) is 3.35. The van der Waals surface area contributed by atoms with Crippen LogP contribution in [0.3, 0.4) is 0 Å². The normalized spacial score (nSPS) is 9.82. The first-order valence-electron chi connectivity index (χ1n) is 5.55. The van der Waals surface area contributed by atoms with Crippen LogP contribution in [0.2, 0.25) is 0 Å². The van der Waals surface area contributed by atoms with Crippen LogP contribution in [0.4, 0.5) is 5.69 Å². The Morgan fingerprint density at radius 3 is 2.76 bits per heavy atom. The van der Waals surface area contributed by atoms with Gasteiger partial charge in [-0.2, -0.15) is 10.4 Å². The van der Waals surface area contributed by atoms with Crippen molar-refractivity contribution in [2.75, 3.05) is 11.9 Å². The third-order valence-electron chi connectivity index (χ3n) is 2.47. The van der Waals surface area contributed by atoms with E-state index < -0.39 is 0 Å². The molecule has 1 heterocycles. The Kier molecular flexibility index (Phi) is 3.77. The molecule has 1 aromatic heterocycles. The van der Waals surface area contributed by atoms with Gasteiger partial charge in [-0.3, -0.25) is 4.68 Å². The molecular weight excluding hydrogens is 212 g/mol. The van der Waals surface area contributed by atoms with Crippen LogP contribution in [0.1, 0.15) is 5.56 Å². The Hall–Kier alpha value is -2.28. The third-order valence-corrected chi connectivity index (χ3v) is 2.47. The number of anilines is 1. The summed E-state index contributed by atoms with van der Waals surface area (Å²) in [5.74, 6) is 0. The molecule has 0 fully saturated rings. The number of rotatable bonds is 5. The van der Waals surface area contributed by atoms with E-state index in [1.165, 1.54) is 0 Å². The minimum Gasteiger partial charge on any atom is -0.383 e. The summed E-state index contributed by atoms with van der Waals surface area (Å²) < 4.78 is 1.89. The van der Waals surface area contributed by atoms with Crippen molar-refractivity contribution in [1.29, 1.82) is 5.26 Å². The Morgan fingerprint density at radius 2 is 2.12 bits per heavy atom. The molecule has 0 unspecified atom stereocenters. The van der Waals surface area contributed by atoms with Crippen LogP contribution >= 0.6 is 0 Å². The van der Waals surface area contributed by atoms with E-state index in [9.17, 15) is 0 Å². The molecule has 0 spiro atoms. The summed E-state index contributed by atoms with van der Waals surface area (Å²) in [4.78, 5) is 0. The van der Waals surface area contributed by atoms with Gasteiger partial charge in [-0.15, -0.1) is 0 Å². The van der Waals surface area contributed by atoms with Gasteiger partial charge >= 0.3 is 0 Å². The summed E-state index contributed by atoms with van der Waals surface area (Å²) in [6, 6.07) is 12.0. The monoisotopic (exact) mass is 226 g/mol. The molecule has 0 aliphatic carbocycles. The molecule has 4 heteroatoms. The second-order valence-corrected chi connectivity index (χ2v) is 3.73. The first kappa shape index (κ1) is 11.2. The summed E-state index contributed by atoms with van der Waals surface area (Å²) in [6.07, 6.45) is 4.18. The van der Waals surface area contributed by atoms with Gasteiger partial charge in [0.15, 0.2) is 0 Å². The van der Waals surface area contributed by atoms with Gasteiger partial charge in [0.2, 0.25) is 0 Å². The zero-order valence-corrected chi connectivity index (χ0v) is 9.50. The molecule has 2 aromatic rings. The molecule has 0 aliphatic rings. The fraction of sp³-hybridized carbons (Fsp3) is 0.231. The van der Waals surface area contributed by atoms with Gasteiger partial charge in [-0.25, -0.2) is 0 Å². The average Bonchev–Trinajstić information content (AvgIpc) is 2.85. The largest absolute Gasteiger partial charge is 0.383 e. The Balaban J connectivity index is 1.81. The standard InChI is InChI=1S/C13H14N4/c14-7-6-12-2-4-13(5-3-12)15-9-11-17-10-1-8-16-17/h1-5,8,10,15H,6,9,11H2. The molecule has 4 nitrogen and oxygen atoms in total. The Labute approximate surface area is 100 Å². The van der Waals surface area contributed by atoms with E-state index in [0.29, 0.717) is 6.42 Å². The highest BCUT2D eigenvalue weighted by Gasteiger charge is 1.94. The van der Waals surface area contributed by atoms with Gasteiger partial charge in [-0.05, 0) is 23.8 Å². The maximum atomic E-state index is 8.56. The predicted octanol–water partition coefficient (Wildman–Crippen LogP) is 2.06. The van der Waals surface area contributed by atoms with Crippen LogP contribution in [0.15, 0.2) is 42.7 Å². The van der Waals surface area contributed by atoms with Crippen molar-refractivity contribution in [3.05, 3.63) is 48.3 Å². The molecule has 0 atom stereocenters.